The molecule has 1 aromatic carbocycles. The molecule has 0 amide bonds. The highest BCUT2D eigenvalue weighted by molar-refractivity contribution is 5.70. The smallest absolute Gasteiger partial charge is 0.318 e. The SMILES string of the molecule is COCCOc1ncc2c(n1)N(CCc1ccc(CN3CCCC3)cc1)CN2. The van der Waals surface area contributed by atoms with Gasteiger partial charge in [-0.25, -0.2) is 4.98 Å². The summed E-state index contributed by atoms with van der Waals surface area (Å²) in [6.07, 6.45) is 5.45. The summed E-state index contributed by atoms with van der Waals surface area (Å²) < 4.78 is 10.5. The number of fused-ring (bicyclic) bond motifs is 1. The number of benzene rings is 1. The highest BCUT2D eigenvalue weighted by Crippen LogP contribution is 2.29. The van der Waals surface area contributed by atoms with Gasteiger partial charge in [0.25, 0.3) is 0 Å². The van der Waals surface area contributed by atoms with Crippen LogP contribution in [0.25, 0.3) is 0 Å². The van der Waals surface area contributed by atoms with Crippen LogP contribution in [0.3, 0.4) is 0 Å². The second kappa shape index (κ2) is 9.21. The maximum absolute atomic E-state index is 5.54. The van der Waals surface area contributed by atoms with Crippen LogP contribution in [-0.2, 0) is 17.7 Å². The fraction of sp³-hybridized carbons (Fsp3) is 0.524. The van der Waals surface area contributed by atoms with Gasteiger partial charge in [-0.05, 0) is 43.5 Å². The second-order valence-electron chi connectivity index (χ2n) is 7.38. The van der Waals surface area contributed by atoms with Crippen molar-refractivity contribution >= 4 is 11.5 Å². The molecule has 2 aliphatic rings. The Kier molecular flexibility index (Phi) is 6.24. The predicted molar refractivity (Wildman–Crippen MR) is 110 cm³/mol. The molecule has 0 spiro atoms. The van der Waals surface area contributed by atoms with Gasteiger partial charge in [-0.1, -0.05) is 24.3 Å². The number of rotatable bonds is 9. The topological polar surface area (TPSA) is 62.8 Å². The number of nitrogens with one attached hydrogen (secondary N) is 1. The molecule has 2 aliphatic heterocycles. The van der Waals surface area contributed by atoms with Crippen molar-refractivity contribution in [3.63, 3.8) is 0 Å². The van der Waals surface area contributed by atoms with Gasteiger partial charge in [-0.15, -0.1) is 0 Å². The quantitative estimate of drug-likeness (QED) is 0.668. The predicted octanol–water partition coefficient (Wildman–Crippen LogP) is 2.53. The third-order valence-electron chi connectivity index (χ3n) is 5.32. The van der Waals surface area contributed by atoms with Crippen LogP contribution in [0, 0.1) is 0 Å². The number of ether oxygens (including phenoxy) is 2. The first-order valence-corrected chi connectivity index (χ1v) is 10.1. The number of nitrogens with zero attached hydrogens (tertiary/aromatic N) is 4. The number of methoxy groups -OCH3 is 1. The van der Waals surface area contributed by atoms with Gasteiger partial charge < -0.3 is 19.7 Å². The highest BCUT2D eigenvalue weighted by Gasteiger charge is 2.21. The molecular weight excluding hydrogens is 354 g/mol. The van der Waals surface area contributed by atoms with Gasteiger partial charge >= 0.3 is 6.01 Å². The Labute approximate surface area is 166 Å². The summed E-state index contributed by atoms with van der Waals surface area (Å²) in [5.41, 5.74) is 3.72. The molecule has 1 N–H and O–H groups in total. The van der Waals surface area contributed by atoms with Crippen molar-refractivity contribution in [2.24, 2.45) is 0 Å². The standard InChI is InChI=1S/C21H29N5O2/c1-27-12-13-28-21-22-14-19-20(24-21)26(16-23-19)11-8-17-4-6-18(7-5-17)15-25-9-2-3-10-25/h4-7,14,23H,2-3,8-13,15-16H2,1H3. The van der Waals surface area contributed by atoms with E-state index in [1.807, 2.05) is 0 Å². The minimum Gasteiger partial charge on any atom is -0.461 e. The molecule has 0 unspecified atom stereocenters. The third-order valence-corrected chi connectivity index (χ3v) is 5.32. The monoisotopic (exact) mass is 383 g/mol. The lowest BCUT2D eigenvalue weighted by Crippen LogP contribution is -2.26. The average molecular weight is 383 g/mol. The van der Waals surface area contributed by atoms with Gasteiger partial charge in [-0.3, -0.25) is 4.90 Å². The fourth-order valence-electron chi connectivity index (χ4n) is 3.72. The average Bonchev–Trinajstić information content (AvgIpc) is 3.37. The zero-order chi connectivity index (χ0) is 19.2. The molecule has 7 heteroatoms. The zero-order valence-corrected chi connectivity index (χ0v) is 16.6. The van der Waals surface area contributed by atoms with Crippen molar-refractivity contribution in [2.75, 3.05) is 56.8 Å². The third kappa shape index (κ3) is 4.72. The lowest BCUT2D eigenvalue weighted by Gasteiger charge is -2.18. The molecule has 7 nitrogen and oxygen atoms in total. The molecule has 4 rings (SSSR count). The first-order valence-electron chi connectivity index (χ1n) is 10.1. The lowest BCUT2D eigenvalue weighted by molar-refractivity contribution is 0.141. The summed E-state index contributed by atoms with van der Waals surface area (Å²) in [4.78, 5) is 13.6. The van der Waals surface area contributed by atoms with E-state index >= 15 is 0 Å². The van der Waals surface area contributed by atoms with E-state index in [0.717, 1.165) is 37.7 Å². The fourth-order valence-corrected chi connectivity index (χ4v) is 3.72. The first kappa shape index (κ1) is 19.0. The molecule has 28 heavy (non-hydrogen) atoms. The molecule has 2 aromatic rings. The van der Waals surface area contributed by atoms with E-state index in [2.05, 4.69) is 49.4 Å². The molecular formula is C21H29N5O2. The van der Waals surface area contributed by atoms with E-state index in [-0.39, 0.29) is 0 Å². The summed E-state index contributed by atoms with van der Waals surface area (Å²) in [7, 11) is 1.65. The number of hydrogen-bond acceptors (Lipinski definition) is 7. The number of likely N-dealkylation sites (tertiary alicyclic amines) is 1. The summed E-state index contributed by atoms with van der Waals surface area (Å²) in [6.45, 7) is 6.18. The van der Waals surface area contributed by atoms with E-state index < -0.39 is 0 Å². The van der Waals surface area contributed by atoms with Gasteiger partial charge in [0, 0.05) is 20.2 Å². The van der Waals surface area contributed by atoms with Crippen molar-refractivity contribution in [2.45, 2.75) is 25.8 Å². The Morgan fingerprint density at radius 3 is 2.64 bits per heavy atom. The molecule has 1 saturated heterocycles. The first-order chi connectivity index (χ1) is 13.8. The van der Waals surface area contributed by atoms with Crippen LogP contribution in [0.1, 0.15) is 24.0 Å². The van der Waals surface area contributed by atoms with Crippen LogP contribution in [0.4, 0.5) is 11.5 Å². The van der Waals surface area contributed by atoms with Crippen molar-refractivity contribution < 1.29 is 9.47 Å². The molecule has 0 aliphatic carbocycles. The van der Waals surface area contributed by atoms with Crippen molar-refractivity contribution in [1.82, 2.24) is 14.9 Å². The molecule has 150 valence electrons. The van der Waals surface area contributed by atoms with Gasteiger partial charge in [0.05, 0.1) is 25.2 Å². The molecule has 1 aromatic heterocycles. The van der Waals surface area contributed by atoms with E-state index in [1.54, 1.807) is 13.3 Å². The van der Waals surface area contributed by atoms with Crippen LogP contribution in [0.15, 0.2) is 30.5 Å². The van der Waals surface area contributed by atoms with Crippen molar-refractivity contribution in [3.05, 3.63) is 41.6 Å². The molecule has 0 bridgehead atoms. The Morgan fingerprint density at radius 2 is 1.86 bits per heavy atom. The maximum atomic E-state index is 5.54. The number of anilines is 2. The van der Waals surface area contributed by atoms with Gasteiger partial charge in [0.1, 0.15) is 6.61 Å². The van der Waals surface area contributed by atoms with Gasteiger partial charge in [0.15, 0.2) is 5.82 Å². The summed E-state index contributed by atoms with van der Waals surface area (Å²) in [5.74, 6) is 0.910. The van der Waals surface area contributed by atoms with Crippen LogP contribution in [0.2, 0.25) is 0 Å². The summed E-state index contributed by atoms with van der Waals surface area (Å²) in [6, 6.07) is 9.46. The normalized spacial score (nSPS) is 16.2. The van der Waals surface area contributed by atoms with Crippen LogP contribution in [-0.4, -0.2) is 61.5 Å². The lowest BCUT2D eigenvalue weighted by atomic mass is 10.1. The minimum absolute atomic E-state index is 0.399. The molecule has 0 atom stereocenters. The molecule has 3 heterocycles. The number of hydrogen-bond donors (Lipinski definition) is 1. The van der Waals surface area contributed by atoms with E-state index in [9.17, 15) is 0 Å². The Morgan fingerprint density at radius 1 is 1.07 bits per heavy atom. The Bertz CT molecular complexity index is 762. The van der Waals surface area contributed by atoms with Gasteiger partial charge in [-0.2, -0.15) is 4.98 Å². The molecule has 0 radical (unpaired) electrons. The van der Waals surface area contributed by atoms with E-state index in [0.29, 0.717) is 19.2 Å². The van der Waals surface area contributed by atoms with E-state index in [1.165, 1.54) is 37.1 Å². The summed E-state index contributed by atoms with van der Waals surface area (Å²) >= 11 is 0. The summed E-state index contributed by atoms with van der Waals surface area (Å²) in [5, 5.41) is 3.35. The van der Waals surface area contributed by atoms with E-state index in [4.69, 9.17) is 9.47 Å². The number of aromatic nitrogens is 2. The van der Waals surface area contributed by atoms with Crippen LogP contribution < -0.4 is 15.0 Å². The van der Waals surface area contributed by atoms with Crippen molar-refractivity contribution in [3.8, 4) is 6.01 Å². The largest absolute Gasteiger partial charge is 0.461 e. The van der Waals surface area contributed by atoms with Crippen molar-refractivity contribution in [1.29, 1.82) is 0 Å². The second-order valence-corrected chi connectivity index (χ2v) is 7.38. The zero-order valence-electron chi connectivity index (χ0n) is 16.6. The Hall–Kier alpha value is -2.38. The van der Waals surface area contributed by atoms with Crippen LogP contribution in [0.5, 0.6) is 6.01 Å². The van der Waals surface area contributed by atoms with Crippen LogP contribution >= 0.6 is 0 Å². The molecule has 0 saturated carbocycles. The minimum atomic E-state index is 0.399. The Balaban J connectivity index is 1.31. The molecule has 1 fully saturated rings. The maximum Gasteiger partial charge on any atom is 0.318 e. The highest BCUT2D eigenvalue weighted by atomic mass is 16.5. The van der Waals surface area contributed by atoms with Gasteiger partial charge in [0.2, 0.25) is 0 Å².